The van der Waals surface area contributed by atoms with Gasteiger partial charge in [0.15, 0.2) is 9.80 Å². The van der Waals surface area contributed by atoms with E-state index in [2.05, 4.69) is 3.74 Å². The fourth-order valence-corrected chi connectivity index (χ4v) is 5.98. The molecular formula is C5H7ClO4S3. The molecule has 4 nitrogen and oxygen atoms in total. The molecule has 13 heavy (non-hydrogen) atoms. The van der Waals surface area contributed by atoms with Gasteiger partial charge in [0.25, 0.3) is 0 Å². The predicted octanol–water partition coefficient (Wildman–Crippen LogP) is -0.857. The van der Waals surface area contributed by atoms with Crippen molar-refractivity contribution in [3.63, 3.8) is 0 Å². The van der Waals surface area contributed by atoms with Gasteiger partial charge in [0.05, 0.1) is 14.4 Å². The van der Waals surface area contributed by atoms with E-state index in [1.165, 1.54) is 6.08 Å². The molecule has 76 valence electrons. The zero-order valence-electron chi connectivity index (χ0n) is 9.31. The second-order valence-corrected chi connectivity index (χ2v) is 7.08. The van der Waals surface area contributed by atoms with E-state index in [0.717, 1.165) is 22.6 Å². The van der Waals surface area contributed by atoms with E-state index in [0.29, 0.717) is 4.20 Å². The van der Waals surface area contributed by atoms with Gasteiger partial charge in [0.2, 0.25) is 0 Å². The lowest BCUT2D eigenvalue weighted by molar-refractivity contribution is -1.91. The summed E-state index contributed by atoms with van der Waals surface area (Å²) in [6, 6.07) is 0. The fourth-order valence-electron chi connectivity index (χ4n) is 0.543. The standard InChI is InChI=1S/C5H7ClO4S3/c1-4-3-5(11-2)13(12-4)10-6(7,8)9/h3H,1-2H3/i1D3. The second kappa shape index (κ2) is 4.54. The van der Waals surface area contributed by atoms with Crippen molar-refractivity contribution in [2.45, 2.75) is 6.85 Å². The Hall–Kier alpha value is 0.790. The Morgan fingerprint density at radius 3 is 2.85 bits per heavy atom. The van der Waals surface area contributed by atoms with E-state index in [1.54, 1.807) is 6.26 Å². The maximum absolute atomic E-state index is 10.4. The van der Waals surface area contributed by atoms with Crippen LogP contribution in [-0.2, 0) is 3.74 Å². The zero-order valence-corrected chi connectivity index (χ0v) is 9.52. The van der Waals surface area contributed by atoms with Crippen LogP contribution in [0.4, 0.5) is 0 Å². The number of thioether (sulfide) groups is 1. The van der Waals surface area contributed by atoms with Crippen molar-refractivity contribution >= 4 is 36.5 Å². The van der Waals surface area contributed by atoms with Gasteiger partial charge in [-0.05, 0) is 34.9 Å². The third-order valence-electron chi connectivity index (χ3n) is 0.914. The van der Waals surface area contributed by atoms with Crippen LogP contribution in [0.1, 0.15) is 11.0 Å². The summed E-state index contributed by atoms with van der Waals surface area (Å²) in [5, 5.41) is 0. The molecule has 8 heteroatoms. The van der Waals surface area contributed by atoms with Gasteiger partial charge >= 0.3 is 0 Å². The van der Waals surface area contributed by atoms with E-state index in [4.69, 9.17) is 4.11 Å². The van der Waals surface area contributed by atoms with Gasteiger partial charge in [-0.3, -0.25) is 0 Å². The van der Waals surface area contributed by atoms with Crippen LogP contribution in [0.25, 0.3) is 0 Å². The molecule has 0 amide bonds. The van der Waals surface area contributed by atoms with E-state index in [1.807, 2.05) is 0 Å². The molecule has 0 saturated heterocycles. The van der Waals surface area contributed by atoms with Crippen molar-refractivity contribution < 1.29 is 32.1 Å². The molecule has 1 rings (SSSR count). The number of rotatable bonds is 2. The largest absolute Gasteiger partial charge is 0.185 e. The monoisotopic (exact) mass is 265 g/mol. The molecule has 1 heterocycles. The van der Waals surface area contributed by atoms with Gasteiger partial charge in [-0.1, -0.05) is 0 Å². The first-order valence-corrected chi connectivity index (χ1v) is 7.74. The highest BCUT2D eigenvalue weighted by Crippen LogP contribution is 2.47. The quantitative estimate of drug-likeness (QED) is 0.478. The molecule has 1 aliphatic rings. The van der Waals surface area contributed by atoms with Gasteiger partial charge in [0.1, 0.15) is 3.74 Å². The van der Waals surface area contributed by atoms with E-state index < -0.39 is 26.9 Å². The second-order valence-electron chi connectivity index (χ2n) is 1.79. The summed E-state index contributed by atoms with van der Waals surface area (Å²) in [4.78, 5) is 0.0269. The Balaban J connectivity index is 2.84. The maximum Gasteiger partial charge on any atom is 0.185 e. The number of hydrogen-bond donors (Lipinski definition) is 0. The molecule has 0 N–H and O–H groups in total. The highest BCUT2D eigenvalue weighted by molar-refractivity contribution is 8.86. The smallest absolute Gasteiger partial charge is 0.182 e. The van der Waals surface area contributed by atoms with Crippen molar-refractivity contribution in [3.05, 3.63) is 11.0 Å². The summed E-state index contributed by atoms with van der Waals surface area (Å²) in [5.41, 5.74) is 0. The Kier molecular flexibility index (Phi) is 2.79. The summed E-state index contributed by atoms with van der Waals surface area (Å²) < 4.78 is 57.4. The first kappa shape index (κ1) is 8.00. The van der Waals surface area contributed by atoms with E-state index in [9.17, 15) is 14.0 Å². The molecule has 0 radical (unpaired) electrons. The summed E-state index contributed by atoms with van der Waals surface area (Å²) in [5.74, 6) is 0. The Labute approximate surface area is 92.8 Å². The molecule has 0 saturated carbocycles. The highest BCUT2D eigenvalue weighted by Gasteiger charge is 2.28. The third-order valence-corrected chi connectivity index (χ3v) is 6.67. The first-order valence-electron chi connectivity index (χ1n) is 4.30. The fraction of sp³-hybridized carbons (Fsp3) is 0.400. The lowest BCUT2D eigenvalue weighted by atomic mass is 10.6. The van der Waals surface area contributed by atoms with E-state index in [-0.39, 0.29) is 4.91 Å². The van der Waals surface area contributed by atoms with Gasteiger partial charge in [-0.15, -0.1) is 11.8 Å². The molecular weight excluding hydrogens is 256 g/mol. The average Bonchev–Trinajstić information content (AvgIpc) is 2.43. The number of halogens is 1. The minimum atomic E-state index is -4.55. The van der Waals surface area contributed by atoms with E-state index >= 15 is 0 Å². The molecule has 0 fully saturated rings. The maximum atomic E-state index is 10.4. The van der Waals surface area contributed by atoms with Crippen molar-refractivity contribution in [1.29, 1.82) is 0 Å². The molecule has 0 aromatic carbocycles. The number of hydrogen-bond acceptors (Lipinski definition) is 6. The summed E-state index contributed by atoms with van der Waals surface area (Å²) in [6.07, 6.45) is 2.98. The van der Waals surface area contributed by atoms with Crippen LogP contribution in [0.15, 0.2) is 11.0 Å². The SMILES string of the molecule is [2H]C([2H])([2H])C1=CC(SC)=S(O[Cl+3]([O-])([O-])[O-])S1. The van der Waals surface area contributed by atoms with Gasteiger partial charge < -0.3 is 0 Å². The average molecular weight is 266 g/mol. The minimum Gasteiger partial charge on any atom is -0.182 e. The molecule has 1 aliphatic heterocycles. The van der Waals surface area contributed by atoms with Crippen LogP contribution in [0.5, 0.6) is 0 Å². The Bertz CT molecular complexity index is 348. The number of allylic oxidation sites excluding steroid dienone is 1. The van der Waals surface area contributed by atoms with Gasteiger partial charge in [-0.25, -0.2) is 0 Å². The van der Waals surface area contributed by atoms with Crippen LogP contribution in [0.2, 0.25) is 0 Å². The van der Waals surface area contributed by atoms with Gasteiger partial charge in [0, 0.05) is 4.11 Å². The topological polar surface area (TPSA) is 78.4 Å². The molecule has 0 aliphatic carbocycles. The molecule has 0 spiro atoms. The molecule has 1 unspecified atom stereocenters. The molecule has 0 bridgehead atoms. The lowest BCUT2D eigenvalue weighted by Gasteiger charge is -2.12. The minimum absolute atomic E-state index is 0.0269. The summed E-state index contributed by atoms with van der Waals surface area (Å²) in [6.45, 7) is -2.32. The Morgan fingerprint density at radius 1 is 1.69 bits per heavy atom. The zero-order chi connectivity index (χ0) is 12.6. The van der Waals surface area contributed by atoms with Crippen LogP contribution in [-0.4, -0.2) is 10.5 Å². The van der Waals surface area contributed by atoms with Crippen molar-refractivity contribution in [1.82, 2.24) is 0 Å². The van der Waals surface area contributed by atoms with Gasteiger partial charge in [-0.2, -0.15) is 14.0 Å². The van der Waals surface area contributed by atoms with Crippen molar-refractivity contribution in [2.75, 3.05) is 6.26 Å². The molecule has 0 aromatic rings. The highest BCUT2D eigenvalue weighted by atomic mass is 35.7. The van der Waals surface area contributed by atoms with Crippen LogP contribution >= 0.6 is 32.4 Å². The van der Waals surface area contributed by atoms with Crippen molar-refractivity contribution in [2.24, 2.45) is 0 Å². The first-order chi connectivity index (χ1) is 7.13. The summed E-state index contributed by atoms with van der Waals surface area (Å²) >= 11 is 1.15. The normalized spacial score (nSPS) is 28.0. The van der Waals surface area contributed by atoms with Crippen LogP contribution in [0, 0.1) is 10.2 Å². The summed E-state index contributed by atoms with van der Waals surface area (Å²) in [7, 11) is -5.20. The van der Waals surface area contributed by atoms with Crippen LogP contribution in [0.3, 0.4) is 0 Å². The van der Waals surface area contributed by atoms with Crippen LogP contribution < -0.4 is 14.0 Å². The van der Waals surface area contributed by atoms with Crippen molar-refractivity contribution in [3.8, 4) is 0 Å². The third kappa shape index (κ3) is 3.80. The predicted molar refractivity (Wildman–Crippen MR) is 48.5 cm³/mol. The molecule has 1 atom stereocenters. The molecule has 0 aromatic heterocycles. The Morgan fingerprint density at radius 2 is 2.38 bits per heavy atom. The lowest BCUT2D eigenvalue weighted by Crippen LogP contribution is -2.60.